The number of amides is 1. The number of para-hydroxylation sites is 1. The van der Waals surface area contributed by atoms with Crippen molar-refractivity contribution in [3.05, 3.63) is 57.6 Å². The number of carbonyl (C=O) groups excluding carboxylic acids is 1. The van der Waals surface area contributed by atoms with Crippen molar-refractivity contribution in [2.24, 2.45) is 5.73 Å². The first-order valence-electron chi connectivity index (χ1n) is 6.47. The van der Waals surface area contributed by atoms with Gasteiger partial charge in [0, 0.05) is 11.4 Å². The minimum absolute atomic E-state index is 0.272. The Kier molecular flexibility index (Phi) is 5.10. The molecule has 21 heavy (non-hydrogen) atoms. The SMILES string of the molecule is Cc1c(Cl)ccc(Oc2ccccc2CCC(N)=O)c1Cl. The fraction of sp³-hybridized carbons (Fsp3) is 0.188. The Labute approximate surface area is 133 Å². The van der Waals surface area contributed by atoms with Gasteiger partial charge in [-0.2, -0.15) is 0 Å². The number of aryl methyl sites for hydroxylation is 1. The van der Waals surface area contributed by atoms with Crippen LogP contribution in [0.25, 0.3) is 0 Å². The van der Waals surface area contributed by atoms with E-state index in [1.54, 1.807) is 12.1 Å². The first-order chi connectivity index (χ1) is 9.99. The highest BCUT2D eigenvalue weighted by molar-refractivity contribution is 6.36. The van der Waals surface area contributed by atoms with Gasteiger partial charge in [-0.3, -0.25) is 4.79 Å². The molecular weight excluding hydrogens is 309 g/mol. The summed E-state index contributed by atoms with van der Waals surface area (Å²) >= 11 is 12.3. The Morgan fingerprint density at radius 2 is 1.86 bits per heavy atom. The van der Waals surface area contributed by atoms with Crippen LogP contribution in [-0.2, 0) is 11.2 Å². The fourth-order valence-corrected chi connectivity index (χ4v) is 2.31. The topological polar surface area (TPSA) is 52.3 Å². The maximum atomic E-state index is 10.9. The molecule has 0 aliphatic carbocycles. The Morgan fingerprint density at radius 3 is 2.57 bits per heavy atom. The minimum Gasteiger partial charge on any atom is -0.456 e. The van der Waals surface area contributed by atoms with Gasteiger partial charge in [0.25, 0.3) is 0 Å². The van der Waals surface area contributed by atoms with E-state index in [2.05, 4.69) is 0 Å². The van der Waals surface area contributed by atoms with E-state index in [1.165, 1.54) is 0 Å². The van der Waals surface area contributed by atoms with Crippen molar-refractivity contribution >= 4 is 29.1 Å². The number of rotatable bonds is 5. The van der Waals surface area contributed by atoms with E-state index >= 15 is 0 Å². The molecule has 2 aromatic carbocycles. The molecule has 110 valence electrons. The minimum atomic E-state index is -0.342. The Bertz CT molecular complexity index is 671. The summed E-state index contributed by atoms with van der Waals surface area (Å²) in [4.78, 5) is 10.9. The summed E-state index contributed by atoms with van der Waals surface area (Å²) in [5.41, 5.74) is 6.86. The highest BCUT2D eigenvalue weighted by Crippen LogP contribution is 2.36. The third-order valence-corrected chi connectivity index (χ3v) is 4.00. The number of hydrogen-bond acceptors (Lipinski definition) is 2. The molecule has 0 unspecified atom stereocenters. The van der Waals surface area contributed by atoms with Crippen molar-refractivity contribution < 1.29 is 9.53 Å². The molecule has 0 aliphatic heterocycles. The normalized spacial score (nSPS) is 10.4. The summed E-state index contributed by atoms with van der Waals surface area (Å²) in [5, 5.41) is 1.07. The number of benzene rings is 2. The lowest BCUT2D eigenvalue weighted by Gasteiger charge is -2.13. The number of carbonyl (C=O) groups is 1. The van der Waals surface area contributed by atoms with Gasteiger partial charge in [-0.1, -0.05) is 41.4 Å². The first kappa shape index (κ1) is 15.7. The molecule has 0 saturated heterocycles. The lowest BCUT2D eigenvalue weighted by molar-refractivity contribution is -0.117. The van der Waals surface area contributed by atoms with Gasteiger partial charge < -0.3 is 10.5 Å². The van der Waals surface area contributed by atoms with Crippen LogP contribution < -0.4 is 10.5 Å². The molecule has 0 saturated carbocycles. The average Bonchev–Trinajstić information content (AvgIpc) is 2.47. The standard InChI is InChI=1S/C16H15Cl2NO2/c1-10-12(17)7-8-14(16(10)18)21-13-5-3-2-4-11(13)6-9-15(19)20/h2-5,7-8H,6,9H2,1H3,(H2,19,20). The molecule has 0 spiro atoms. The Hall–Kier alpha value is -1.71. The maximum Gasteiger partial charge on any atom is 0.217 e. The van der Waals surface area contributed by atoms with E-state index in [-0.39, 0.29) is 12.3 Å². The summed E-state index contributed by atoms with van der Waals surface area (Å²) in [6.45, 7) is 1.83. The molecular formula is C16H15Cl2NO2. The van der Waals surface area contributed by atoms with Gasteiger partial charge in [0.05, 0.1) is 5.02 Å². The van der Waals surface area contributed by atoms with E-state index in [9.17, 15) is 4.79 Å². The highest BCUT2D eigenvalue weighted by Gasteiger charge is 2.11. The predicted octanol–water partition coefficient (Wildman–Crippen LogP) is 4.51. The molecule has 2 N–H and O–H groups in total. The van der Waals surface area contributed by atoms with Crippen LogP contribution in [0.4, 0.5) is 0 Å². The van der Waals surface area contributed by atoms with Gasteiger partial charge in [0.1, 0.15) is 11.5 Å². The molecule has 0 heterocycles. The van der Waals surface area contributed by atoms with Crippen molar-refractivity contribution in [1.29, 1.82) is 0 Å². The van der Waals surface area contributed by atoms with Crippen molar-refractivity contribution in [1.82, 2.24) is 0 Å². The fourth-order valence-electron chi connectivity index (χ4n) is 1.90. The second-order valence-corrected chi connectivity index (χ2v) is 5.45. The van der Waals surface area contributed by atoms with Crippen LogP contribution in [0, 0.1) is 6.92 Å². The zero-order chi connectivity index (χ0) is 15.4. The van der Waals surface area contributed by atoms with Crippen molar-refractivity contribution in [2.45, 2.75) is 19.8 Å². The van der Waals surface area contributed by atoms with E-state index in [0.29, 0.717) is 28.0 Å². The molecule has 2 rings (SSSR count). The van der Waals surface area contributed by atoms with Gasteiger partial charge in [-0.15, -0.1) is 0 Å². The largest absolute Gasteiger partial charge is 0.456 e. The van der Waals surface area contributed by atoms with E-state index in [0.717, 1.165) is 11.1 Å². The van der Waals surface area contributed by atoms with Gasteiger partial charge in [0.2, 0.25) is 5.91 Å². The zero-order valence-electron chi connectivity index (χ0n) is 11.5. The lowest BCUT2D eigenvalue weighted by Crippen LogP contribution is -2.11. The second-order valence-electron chi connectivity index (χ2n) is 4.66. The molecule has 2 aromatic rings. The molecule has 0 atom stereocenters. The second kappa shape index (κ2) is 6.83. The van der Waals surface area contributed by atoms with E-state index in [4.69, 9.17) is 33.7 Å². The van der Waals surface area contributed by atoms with Crippen LogP contribution in [0.5, 0.6) is 11.5 Å². The number of nitrogens with two attached hydrogens (primary N) is 1. The molecule has 5 heteroatoms. The first-order valence-corrected chi connectivity index (χ1v) is 7.23. The quantitative estimate of drug-likeness (QED) is 0.879. The molecule has 3 nitrogen and oxygen atoms in total. The summed E-state index contributed by atoms with van der Waals surface area (Å²) in [6.07, 6.45) is 0.795. The molecule has 0 radical (unpaired) electrons. The number of primary amides is 1. The van der Waals surface area contributed by atoms with Crippen LogP contribution in [-0.4, -0.2) is 5.91 Å². The van der Waals surface area contributed by atoms with Crippen LogP contribution in [0.2, 0.25) is 10.0 Å². The van der Waals surface area contributed by atoms with Crippen LogP contribution in [0.15, 0.2) is 36.4 Å². The van der Waals surface area contributed by atoms with Gasteiger partial charge in [-0.25, -0.2) is 0 Å². The van der Waals surface area contributed by atoms with Crippen molar-refractivity contribution in [3.8, 4) is 11.5 Å². The van der Waals surface area contributed by atoms with Crippen LogP contribution >= 0.6 is 23.2 Å². The summed E-state index contributed by atoms with van der Waals surface area (Å²) in [7, 11) is 0. The number of halogens is 2. The van der Waals surface area contributed by atoms with Crippen LogP contribution in [0.1, 0.15) is 17.5 Å². The van der Waals surface area contributed by atoms with Crippen molar-refractivity contribution in [2.75, 3.05) is 0 Å². The molecule has 0 fully saturated rings. The van der Waals surface area contributed by atoms with Gasteiger partial charge >= 0.3 is 0 Å². The number of hydrogen-bond donors (Lipinski definition) is 1. The maximum absolute atomic E-state index is 10.9. The smallest absolute Gasteiger partial charge is 0.217 e. The van der Waals surface area contributed by atoms with E-state index < -0.39 is 0 Å². The van der Waals surface area contributed by atoms with Gasteiger partial charge in [-0.05, 0) is 42.7 Å². The summed E-state index contributed by atoms with van der Waals surface area (Å²) < 4.78 is 5.87. The average molecular weight is 324 g/mol. The summed E-state index contributed by atoms with van der Waals surface area (Å²) in [6, 6.07) is 10.9. The Morgan fingerprint density at radius 1 is 1.14 bits per heavy atom. The van der Waals surface area contributed by atoms with Gasteiger partial charge in [0.15, 0.2) is 0 Å². The van der Waals surface area contributed by atoms with Crippen molar-refractivity contribution in [3.63, 3.8) is 0 Å². The van der Waals surface area contributed by atoms with Crippen LogP contribution in [0.3, 0.4) is 0 Å². The third-order valence-electron chi connectivity index (χ3n) is 3.12. The third kappa shape index (κ3) is 3.90. The molecule has 0 aromatic heterocycles. The highest BCUT2D eigenvalue weighted by atomic mass is 35.5. The lowest BCUT2D eigenvalue weighted by atomic mass is 10.1. The molecule has 0 aliphatic rings. The molecule has 1 amide bonds. The molecule has 0 bridgehead atoms. The monoisotopic (exact) mass is 323 g/mol. The zero-order valence-corrected chi connectivity index (χ0v) is 13.0. The number of ether oxygens (including phenoxy) is 1. The predicted molar refractivity (Wildman–Crippen MR) is 85.2 cm³/mol. The summed E-state index contributed by atoms with van der Waals surface area (Å²) in [5.74, 6) is 0.845. The Balaban J connectivity index is 2.27. The van der Waals surface area contributed by atoms with E-state index in [1.807, 2.05) is 31.2 Å².